The van der Waals surface area contributed by atoms with Gasteiger partial charge in [-0.05, 0) is 12.1 Å². The zero-order valence-electron chi connectivity index (χ0n) is 8.24. The maximum absolute atomic E-state index is 11.5. The third kappa shape index (κ3) is 2.48. The molecule has 0 aliphatic rings. The van der Waals surface area contributed by atoms with Gasteiger partial charge in [-0.3, -0.25) is 4.57 Å². The minimum Gasteiger partial charge on any atom is -0.397 e. The summed E-state index contributed by atoms with van der Waals surface area (Å²) in [6.07, 6.45) is 5.46. The van der Waals surface area contributed by atoms with Crippen molar-refractivity contribution in [2.45, 2.75) is 0 Å². The van der Waals surface area contributed by atoms with Crippen molar-refractivity contribution in [3.05, 3.63) is 36.9 Å². The molecule has 0 radical (unpaired) electrons. The Balaban J connectivity index is 0.00000128. The number of aromatic nitrogens is 2. The molecular formula is C9H11ClN4O2. The van der Waals surface area contributed by atoms with E-state index in [2.05, 4.69) is 0 Å². The molecule has 0 fully saturated rings. The van der Waals surface area contributed by atoms with Crippen LogP contribution in [0.1, 0.15) is 0 Å². The van der Waals surface area contributed by atoms with Crippen LogP contribution in [-0.4, -0.2) is 15.4 Å². The predicted octanol–water partition coefficient (Wildman–Crippen LogP) is 0.973. The Morgan fingerprint density at radius 2 is 1.75 bits per heavy atom. The number of halogens is 1. The third-order valence-electron chi connectivity index (χ3n) is 1.80. The number of carbonyl (C=O) groups excluding carboxylic acids is 1. The van der Waals surface area contributed by atoms with Crippen molar-refractivity contribution in [3.63, 3.8) is 0 Å². The van der Waals surface area contributed by atoms with Gasteiger partial charge in [0.25, 0.3) is 0 Å². The molecule has 4 N–H and O–H groups in total. The number of hydrogen-bond donors (Lipinski definition) is 2. The van der Waals surface area contributed by atoms with Gasteiger partial charge in [-0.1, -0.05) is 0 Å². The Hall–Kier alpha value is -2.08. The average Bonchev–Trinajstić information content (AvgIpc) is 2.75. The second kappa shape index (κ2) is 4.63. The van der Waals surface area contributed by atoms with E-state index in [1.807, 2.05) is 0 Å². The molecule has 2 heterocycles. The zero-order valence-corrected chi connectivity index (χ0v) is 9.05. The van der Waals surface area contributed by atoms with Gasteiger partial charge in [-0.2, -0.15) is 4.73 Å². The fraction of sp³-hybridized carbons (Fsp3) is 0. The lowest BCUT2D eigenvalue weighted by atomic mass is 10.6. The van der Waals surface area contributed by atoms with Crippen LogP contribution < -0.4 is 16.3 Å². The lowest BCUT2D eigenvalue weighted by molar-refractivity contribution is 0.135. The molecule has 2 aromatic rings. The monoisotopic (exact) mass is 242 g/mol. The molecule has 0 saturated heterocycles. The Morgan fingerprint density at radius 3 is 2.25 bits per heavy atom. The standard InChI is InChI=1S/C9H10N4O2.ClH/c10-7-1-3-12(5-7)9(14)15-13-4-2-8(11)6-13;/h1-6H,10-11H2;1H. The van der Waals surface area contributed by atoms with Crippen LogP contribution in [0, 0.1) is 0 Å². The molecule has 0 aliphatic heterocycles. The van der Waals surface area contributed by atoms with Gasteiger partial charge < -0.3 is 16.3 Å². The van der Waals surface area contributed by atoms with Crippen molar-refractivity contribution in [1.82, 2.24) is 9.30 Å². The molecular weight excluding hydrogens is 232 g/mol. The van der Waals surface area contributed by atoms with Crippen LogP contribution in [-0.2, 0) is 0 Å². The maximum atomic E-state index is 11.5. The van der Waals surface area contributed by atoms with Crippen LogP contribution in [0.2, 0.25) is 0 Å². The Labute approximate surface area is 97.8 Å². The van der Waals surface area contributed by atoms with Crippen LogP contribution >= 0.6 is 12.4 Å². The van der Waals surface area contributed by atoms with E-state index in [4.69, 9.17) is 16.3 Å². The van der Waals surface area contributed by atoms with Gasteiger partial charge in [0.15, 0.2) is 0 Å². The molecule has 2 rings (SSSR count). The molecule has 7 heteroatoms. The van der Waals surface area contributed by atoms with E-state index in [9.17, 15) is 4.79 Å². The maximum Gasteiger partial charge on any atom is 0.442 e. The quantitative estimate of drug-likeness (QED) is 0.780. The molecule has 86 valence electrons. The molecule has 0 atom stereocenters. The van der Waals surface area contributed by atoms with Gasteiger partial charge >= 0.3 is 6.09 Å². The molecule has 0 saturated carbocycles. The van der Waals surface area contributed by atoms with Crippen LogP contribution in [0.3, 0.4) is 0 Å². The van der Waals surface area contributed by atoms with Crippen molar-refractivity contribution >= 4 is 29.9 Å². The van der Waals surface area contributed by atoms with Crippen molar-refractivity contribution in [2.75, 3.05) is 11.5 Å². The second-order valence-corrected chi connectivity index (χ2v) is 3.01. The number of nitrogens with zero attached hydrogens (tertiary/aromatic N) is 2. The molecule has 0 unspecified atom stereocenters. The first kappa shape index (κ1) is 12.0. The van der Waals surface area contributed by atoms with E-state index >= 15 is 0 Å². The van der Waals surface area contributed by atoms with E-state index in [1.54, 1.807) is 18.3 Å². The van der Waals surface area contributed by atoms with Crippen LogP contribution in [0.5, 0.6) is 0 Å². The van der Waals surface area contributed by atoms with Crippen molar-refractivity contribution < 1.29 is 9.63 Å². The fourth-order valence-electron chi connectivity index (χ4n) is 1.11. The Kier molecular flexibility index (Phi) is 3.47. The summed E-state index contributed by atoms with van der Waals surface area (Å²) in [6.45, 7) is 0. The summed E-state index contributed by atoms with van der Waals surface area (Å²) in [5.74, 6) is 0. The van der Waals surface area contributed by atoms with Gasteiger partial charge in [0.1, 0.15) is 0 Å². The summed E-state index contributed by atoms with van der Waals surface area (Å²) in [5, 5.41) is 0. The first-order valence-corrected chi connectivity index (χ1v) is 4.25. The SMILES string of the molecule is Cl.Nc1ccn(OC(=O)n2ccc(N)c2)c1. The van der Waals surface area contributed by atoms with Gasteiger partial charge in [0.05, 0.1) is 11.9 Å². The van der Waals surface area contributed by atoms with E-state index in [1.165, 1.54) is 27.9 Å². The van der Waals surface area contributed by atoms with Gasteiger partial charge in [-0.15, -0.1) is 12.4 Å². The summed E-state index contributed by atoms with van der Waals surface area (Å²) in [7, 11) is 0. The highest BCUT2D eigenvalue weighted by atomic mass is 35.5. The molecule has 0 spiro atoms. The summed E-state index contributed by atoms with van der Waals surface area (Å²) in [5.41, 5.74) is 11.9. The molecule has 0 bridgehead atoms. The third-order valence-corrected chi connectivity index (χ3v) is 1.80. The predicted molar refractivity (Wildman–Crippen MR) is 62.3 cm³/mol. The number of anilines is 2. The first-order chi connectivity index (χ1) is 7.15. The summed E-state index contributed by atoms with van der Waals surface area (Å²) in [6, 6.07) is 3.22. The molecule has 16 heavy (non-hydrogen) atoms. The van der Waals surface area contributed by atoms with E-state index in [-0.39, 0.29) is 12.4 Å². The summed E-state index contributed by atoms with van der Waals surface area (Å²) >= 11 is 0. The summed E-state index contributed by atoms with van der Waals surface area (Å²) < 4.78 is 2.47. The highest BCUT2D eigenvalue weighted by Gasteiger charge is 2.06. The number of rotatable bonds is 1. The Morgan fingerprint density at radius 1 is 1.12 bits per heavy atom. The number of carbonyl (C=O) groups is 1. The number of nitrogen functional groups attached to an aromatic ring is 2. The lowest BCUT2D eigenvalue weighted by Gasteiger charge is -2.03. The molecule has 2 aromatic heterocycles. The zero-order chi connectivity index (χ0) is 10.8. The minimum absolute atomic E-state index is 0. The van der Waals surface area contributed by atoms with Crippen LogP contribution in [0.25, 0.3) is 0 Å². The van der Waals surface area contributed by atoms with Gasteiger partial charge in [-0.25, -0.2) is 4.79 Å². The topological polar surface area (TPSA) is 88.2 Å². The smallest absolute Gasteiger partial charge is 0.397 e. The average molecular weight is 243 g/mol. The lowest BCUT2D eigenvalue weighted by Crippen LogP contribution is -2.22. The van der Waals surface area contributed by atoms with Crippen molar-refractivity contribution in [1.29, 1.82) is 0 Å². The minimum atomic E-state index is -0.553. The molecule has 0 aliphatic carbocycles. The fourth-order valence-corrected chi connectivity index (χ4v) is 1.11. The van der Waals surface area contributed by atoms with E-state index in [0.717, 1.165) is 0 Å². The van der Waals surface area contributed by atoms with Crippen LogP contribution in [0.4, 0.5) is 16.2 Å². The Bertz CT molecular complexity index is 491. The largest absolute Gasteiger partial charge is 0.442 e. The van der Waals surface area contributed by atoms with Gasteiger partial charge in [0, 0.05) is 24.3 Å². The van der Waals surface area contributed by atoms with Crippen molar-refractivity contribution in [2.24, 2.45) is 0 Å². The van der Waals surface area contributed by atoms with Crippen LogP contribution in [0.15, 0.2) is 36.9 Å². The van der Waals surface area contributed by atoms with Crippen molar-refractivity contribution in [3.8, 4) is 0 Å². The number of hydrogen-bond acceptors (Lipinski definition) is 4. The highest BCUT2D eigenvalue weighted by molar-refractivity contribution is 5.85. The molecule has 0 aromatic carbocycles. The van der Waals surface area contributed by atoms with E-state index in [0.29, 0.717) is 11.4 Å². The summed E-state index contributed by atoms with van der Waals surface area (Å²) in [4.78, 5) is 16.4. The van der Waals surface area contributed by atoms with Gasteiger partial charge in [0.2, 0.25) is 0 Å². The first-order valence-electron chi connectivity index (χ1n) is 4.25. The van der Waals surface area contributed by atoms with E-state index < -0.39 is 6.09 Å². The molecule has 6 nitrogen and oxygen atoms in total. The normalized spacial score (nSPS) is 9.50. The molecule has 0 amide bonds. The second-order valence-electron chi connectivity index (χ2n) is 3.01. The number of nitrogens with two attached hydrogens (primary N) is 2. The highest BCUT2D eigenvalue weighted by Crippen LogP contribution is 2.03.